The molecule has 1 aromatic carbocycles. The Morgan fingerprint density at radius 3 is 2.95 bits per heavy atom. The molecule has 2 heterocycles. The fourth-order valence-electron chi connectivity index (χ4n) is 2.24. The van der Waals surface area contributed by atoms with Crippen LogP contribution in [0.5, 0.6) is 0 Å². The van der Waals surface area contributed by atoms with E-state index in [4.69, 9.17) is 4.42 Å². The van der Waals surface area contributed by atoms with Crippen LogP contribution >= 0.6 is 11.3 Å². The first-order chi connectivity index (χ1) is 9.72. The first kappa shape index (κ1) is 13.2. The molecule has 0 aliphatic rings. The van der Waals surface area contributed by atoms with Gasteiger partial charge in [0.1, 0.15) is 5.76 Å². The highest BCUT2D eigenvalue weighted by Gasteiger charge is 2.09. The molecule has 0 fully saturated rings. The average Bonchev–Trinajstić information content (AvgIpc) is 3.05. The molecular formula is C16H18N2OS. The Hall–Kier alpha value is -1.81. The summed E-state index contributed by atoms with van der Waals surface area (Å²) >= 11 is 1.72. The molecule has 104 valence electrons. The van der Waals surface area contributed by atoms with Gasteiger partial charge in [0.15, 0.2) is 5.13 Å². The topological polar surface area (TPSA) is 38.1 Å². The van der Waals surface area contributed by atoms with Crippen LogP contribution in [0.4, 0.5) is 5.13 Å². The number of furan rings is 1. The van der Waals surface area contributed by atoms with Gasteiger partial charge in [-0.3, -0.25) is 0 Å². The number of benzene rings is 1. The predicted octanol–water partition coefficient (Wildman–Crippen LogP) is 4.63. The Labute approximate surface area is 122 Å². The highest BCUT2D eigenvalue weighted by molar-refractivity contribution is 7.22. The highest BCUT2D eigenvalue weighted by atomic mass is 32.1. The van der Waals surface area contributed by atoms with Crippen molar-refractivity contribution in [3.63, 3.8) is 0 Å². The van der Waals surface area contributed by atoms with Crippen molar-refractivity contribution in [2.75, 3.05) is 5.32 Å². The van der Waals surface area contributed by atoms with Crippen LogP contribution in [0.3, 0.4) is 0 Å². The van der Waals surface area contributed by atoms with Crippen LogP contribution in [-0.4, -0.2) is 11.0 Å². The van der Waals surface area contributed by atoms with E-state index in [-0.39, 0.29) is 0 Å². The number of nitrogens with zero attached hydrogens (tertiary/aromatic N) is 1. The molecule has 0 aliphatic heterocycles. The summed E-state index contributed by atoms with van der Waals surface area (Å²) in [5, 5.41) is 4.49. The second-order valence-corrected chi connectivity index (χ2v) is 6.13. The Morgan fingerprint density at radius 1 is 1.30 bits per heavy atom. The molecule has 1 atom stereocenters. The maximum absolute atomic E-state index is 5.36. The van der Waals surface area contributed by atoms with Crippen molar-refractivity contribution in [3.05, 3.63) is 47.9 Å². The van der Waals surface area contributed by atoms with Crippen molar-refractivity contribution in [3.8, 4) is 0 Å². The minimum Gasteiger partial charge on any atom is -0.469 e. The predicted molar refractivity (Wildman–Crippen MR) is 84.5 cm³/mol. The van der Waals surface area contributed by atoms with E-state index >= 15 is 0 Å². The van der Waals surface area contributed by atoms with Crippen molar-refractivity contribution in [1.29, 1.82) is 0 Å². The summed E-state index contributed by atoms with van der Waals surface area (Å²) in [6.07, 6.45) is 3.71. The van der Waals surface area contributed by atoms with Crippen molar-refractivity contribution in [2.24, 2.45) is 0 Å². The third-order valence-corrected chi connectivity index (χ3v) is 4.35. The van der Waals surface area contributed by atoms with E-state index in [1.807, 2.05) is 12.1 Å². The molecule has 3 aromatic rings. The van der Waals surface area contributed by atoms with Gasteiger partial charge in [-0.1, -0.05) is 23.5 Å². The molecule has 0 radical (unpaired) electrons. The second kappa shape index (κ2) is 5.67. The summed E-state index contributed by atoms with van der Waals surface area (Å²) in [6, 6.07) is 10.6. The zero-order valence-corrected chi connectivity index (χ0v) is 12.5. The second-order valence-electron chi connectivity index (χ2n) is 5.10. The number of fused-ring (bicyclic) bond motifs is 1. The molecule has 0 aliphatic carbocycles. The Kier molecular flexibility index (Phi) is 3.74. The molecule has 0 saturated heterocycles. The highest BCUT2D eigenvalue weighted by Crippen LogP contribution is 2.28. The van der Waals surface area contributed by atoms with Crippen LogP contribution in [0.1, 0.15) is 24.7 Å². The molecule has 1 unspecified atom stereocenters. The molecule has 4 heteroatoms. The van der Waals surface area contributed by atoms with E-state index < -0.39 is 0 Å². The fraction of sp³-hybridized carbons (Fsp3) is 0.312. The monoisotopic (exact) mass is 286 g/mol. The number of aromatic nitrogens is 1. The molecule has 20 heavy (non-hydrogen) atoms. The van der Waals surface area contributed by atoms with Gasteiger partial charge in [0, 0.05) is 12.5 Å². The normalized spacial score (nSPS) is 12.7. The number of anilines is 1. The number of thiazole rings is 1. The quantitative estimate of drug-likeness (QED) is 0.743. The average molecular weight is 286 g/mol. The number of nitrogens with one attached hydrogen (secondary N) is 1. The van der Waals surface area contributed by atoms with Gasteiger partial charge >= 0.3 is 0 Å². The van der Waals surface area contributed by atoms with E-state index in [0.717, 1.165) is 29.3 Å². The van der Waals surface area contributed by atoms with E-state index in [2.05, 4.69) is 42.3 Å². The third kappa shape index (κ3) is 2.85. The zero-order chi connectivity index (χ0) is 13.9. The van der Waals surface area contributed by atoms with Crippen LogP contribution in [0.15, 0.2) is 41.0 Å². The van der Waals surface area contributed by atoms with Crippen LogP contribution in [-0.2, 0) is 6.42 Å². The largest absolute Gasteiger partial charge is 0.469 e. The van der Waals surface area contributed by atoms with Crippen LogP contribution < -0.4 is 5.32 Å². The van der Waals surface area contributed by atoms with E-state index in [0.29, 0.717) is 6.04 Å². The van der Waals surface area contributed by atoms with Crippen LogP contribution in [0.25, 0.3) is 10.2 Å². The minimum atomic E-state index is 0.376. The summed E-state index contributed by atoms with van der Waals surface area (Å²) in [4.78, 5) is 4.68. The van der Waals surface area contributed by atoms with Gasteiger partial charge in [0.25, 0.3) is 0 Å². The maximum atomic E-state index is 5.36. The first-order valence-corrected chi connectivity index (χ1v) is 7.69. The maximum Gasteiger partial charge on any atom is 0.184 e. The van der Waals surface area contributed by atoms with Gasteiger partial charge in [-0.2, -0.15) is 0 Å². The van der Waals surface area contributed by atoms with Crippen molar-refractivity contribution in [1.82, 2.24) is 4.98 Å². The van der Waals surface area contributed by atoms with Gasteiger partial charge in [-0.05, 0) is 44.0 Å². The van der Waals surface area contributed by atoms with Gasteiger partial charge in [-0.15, -0.1) is 0 Å². The van der Waals surface area contributed by atoms with Gasteiger partial charge < -0.3 is 9.73 Å². The number of rotatable bonds is 5. The number of para-hydroxylation sites is 1. The lowest BCUT2D eigenvalue weighted by molar-refractivity contribution is 0.495. The summed E-state index contributed by atoms with van der Waals surface area (Å²) in [7, 11) is 0. The molecular weight excluding hydrogens is 268 g/mol. The van der Waals surface area contributed by atoms with Crippen LogP contribution in [0.2, 0.25) is 0 Å². The number of aryl methyl sites for hydroxylation is 2. The van der Waals surface area contributed by atoms with Gasteiger partial charge in [0.05, 0.1) is 16.5 Å². The molecule has 0 amide bonds. The Morgan fingerprint density at radius 2 is 2.20 bits per heavy atom. The standard InChI is InChI=1S/C16H18N2OS/c1-11-5-3-7-14-15(11)18-16(20-14)17-12(2)8-9-13-6-4-10-19-13/h3-7,10,12H,8-9H2,1-2H3,(H,17,18). The van der Waals surface area contributed by atoms with Crippen molar-refractivity contribution in [2.45, 2.75) is 32.7 Å². The molecule has 1 N–H and O–H groups in total. The molecule has 0 bridgehead atoms. The molecule has 3 rings (SSSR count). The van der Waals surface area contributed by atoms with Gasteiger partial charge in [-0.25, -0.2) is 4.98 Å². The lowest BCUT2D eigenvalue weighted by Gasteiger charge is -2.11. The first-order valence-electron chi connectivity index (χ1n) is 6.87. The van der Waals surface area contributed by atoms with Crippen LogP contribution in [0, 0.1) is 6.92 Å². The lowest BCUT2D eigenvalue weighted by atomic mass is 10.1. The number of hydrogen-bond acceptors (Lipinski definition) is 4. The van der Waals surface area contributed by atoms with E-state index in [1.165, 1.54) is 10.3 Å². The summed E-state index contributed by atoms with van der Waals surface area (Å²) in [6.45, 7) is 4.29. The van der Waals surface area contributed by atoms with E-state index in [1.54, 1.807) is 17.6 Å². The van der Waals surface area contributed by atoms with Crippen molar-refractivity contribution >= 4 is 26.7 Å². The number of hydrogen-bond donors (Lipinski definition) is 1. The van der Waals surface area contributed by atoms with Crippen molar-refractivity contribution < 1.29 is 4.42 Å². The smallest absolute Gasteiger partial charge is 0.184 e. The summed E-state index contributed by atoms with van der Waals surface area (Å²) in [5.41, 5.74) is 2.34. The molecule has 3 nitrogen and oxygen atoms in total. The van der Waals surface area contributed by atoms with E-state index in [9.17, 15) is 0 Å². The fourth-order valence-corrected chi connectivity index (χ4v) is 3.30. The molecule has 0 saturated carbocycles. The summed E-state index contributed by atoms with van der Waals surface area (Å²) < 4.78 is 6.60. The third-order valence-electron chi connectivity index (χ3n) is 3.39. The lowest BCUT2D eigenvalue weighted by Crippen LogP contribution is -2.15. The summed E-state index contributed by atoms with van der Waals surface area (Å²) in [5.74, 6) is 1.04. The minimum absolute atomic E-state index is 0.376. The van der Waals surface area contributed by atoms with Gasteiger partial charge in [0.2, 0.25) is 0 Å². The Balaban J connectivity index is 1.65. The zero-order valence-electron chi connectivity index (χ0n) is 11.7. The molecule has 0 spiro atoms. The SMILES string of the molecule is Cc1cccc2sc(NC(C)CCc3ccco3)nc12. The Bertz CT molecular complexity index is 688. The molecule has 2 aromatic heterocycles.